The van der Waals surface area contributed by atoms with Crippen molar-refractivity contribution < 1.29 is 23.1 Å². The molecular weight excluding hydrogens is 425 g/mol. The number of hydrogen-bond acceptors (Lipinski definition) is 6. The van der Waals surface area contributed by atoms with Crippen LogP contribution in [0.25, 0.3) is 0 Å². The van der Waals surface area contributed by atoms with Gasteiger partial charge in [0.15, 0.2) is 0 Å². The normalized spacial score (nSPS) is 12.4. The summed E-state index contributed by atoms with van der Waals surface area (Å²) >= 11 is 0. The lowest BCUT2D eigenvalue weighted by atomic mass is 10.1. The van der Waals surface area contributed by atoms with Crippen LogP contribution in [-0.2, 0) is 36.4 Å². The fourth-order valence-electron chi connectivity index (χ4n) is 3.31. The van der Waals surface area contributed by atoms with Gasteiger partial charge in [-0.15, -0.1) is 0 Å². The van der Waals surface area contributed by atoms with Gasteiger partial charge >= 0.3 is 13.6 Å². The number of carbonyl (C=O) groups excluding carboxylic acids is 1. The minimum Gasteiger partial charge on any atom is -0.468 e. The van der Waals surface area contributed by atoms with Gasteiger partial charge in [0.25, 0.3) is 0 Å². The van der Waals surface area contributed by atoms with Gasteiger partial charge in [-0.05, 0) is 24.0 Å². The Morgan fingerprint density at radius 3 is 1.78 bits per heavy atom. The highest BCUT2D eigenvalue weighted by Gasteiger charge is 2.24. The average Bonchev–Trinajstić information content (AvgIpc) is 2.84. The summed E-state index contributed by atoms with van der Waals surface area (Å²) in [5, 5.41) is 0. The van der Waals surface area contributed by atoms with E-state index in [0.717, 1.165) is 49.7 Å². The molecule has 1 atom stereocenters. The van der Waals surface area contributed by atoms with Crippen molar-refractivity contribution in [1.29, 1.82) is 0 Å². The zero-order chi connectivity index (χ0) is 23.1. The number of unbranched alkanes of at least 4 members (excludes halogenated alkanes) is 5. The van der Waals surface area contributed by atoms with Crippen molar-refractivity contribution in [3.8, 4) is 0 Å². The highest BCUT2D eigenvalue weighted by Crippen LogP contribution is 2.50. The third kappa shape index (κ3) is 10.6. The molecule has 0 aliphatic rings. The summed E-state index contributed by atoms with van der Waals surface area (Å²) in [7, 11) is -1.85. The quantitative estimate of drug-likeness (QED) is 0.192. The molecule has 0 spiro atoms. The maximum absolute atomic E-state index is 13.4. The van der Waals surface area contributed by atoms with Crippen molar-refractivity contribution in [2.24, 2.45) is 5.73 Å². The van der Waals surface area contributed by atoms with Gasteiger partial charge in [-0.25, -0.2) is 0 Å². The standard InChI is InChI=1S/C25H36NO5P/c1-29-25(27)24(26)18-12-4-2-3-5-13-19-32(28,30-20-22-14-8-6-9-15-22)31-21-23-16-10-7-11-17-23/h6-11,14-17,24H,2-5,12-13,18-21,26H2,1H3. The molecular formula is C25H36NO5P. The van der Waals surface area contributed by atoms with E-state index in [0.29, 0.717) is 12.6 Å². The van der Waals surface area contributed by atoms with Crippen molar-refractivity contribution in [3.63, 3.8) is 0 Å². The number of methoxy groups -OCH3 is 1. The van der Waals surface area contributed by atoms with E-state index < -0.39 is 13.6 Å². The zero-order valence-corrected chi connectivity index (χ0v) is 19.9. The Hall–Kier alpha value is -1.98. The molecule has 0 saturated carbocycles. The average molecular weight is 462 g/mol. The number of carbonyl (C=O) groups is 1. The minimum atomic E-state index is -3.21. The fourth-order valence-corrected chi connectivity index (χ4v) is 4.94. The Morgan fingerprint density at radius 1 is 0.812 bits per heavy atom. The molecule has 6 nitrogen and oxygen atoms in total. The molecule has 1 unspecified atom stereocenters. The molecule has 0 aliphatic heterocycles. The van der Waals surface area contributed by atoms with E-state index in [9.17, 15) is 9.36 Å². The first-order valence-electron chi connectivity index (χ1n) is 11.3. The van der Waals surface area contributed by atoms with Gasteiger partial charge in [-0.2, -0.15) is 0 Å². The smallest absolute Gasteiger partial charge is 0.331 e. The molecule has 7 heteroatoms. The molecule has 2 rings (SSSR count). The van der Waals surface area contributed by atoms with Crippen molar-refractivity contribution in [2.45, 2.75) is 64.2 Å². The van der Waals surface area contributed by atoms with Gasteiger partial charge in [0.2, 0.25) is 0 Å². The lowest BCUT2D eigenvalue weighted by molar-refractivity contribution is -0.142. The van der Waals surface area contributed by atoms with Crippen molar-refractivity contribution in [2.75, 3.05) is 13.3 Å². The van der Waals surface area contributed by atoms with Crippen LogP contribution in [0.2, 0.25) is 0 Å². The first-order valence-corrected chi connectivity index (χ1v) is 13.0. The molecule has 0 aliphatic carbocycles. The van der Waals surface area contributed by atoms with Gasteiger partial charge in [-0.1, -0.05) is 92.8 Å². The number of rotatable bonds is 16. The number of esters is 1. The van der Waals surface area contributed by atoms with Crippen molar-refractivity contribution in [1.82, 2.24) is 0 Å². The number of benzene rings is 2. The second kappa shape index (κ2) is 15.0. The van der Waals surface area contributed by atoms with E-state index in [1.807, 2.05) is 60.7 Å². The highest BCUT2D eigenvalue weighted by atomic mass is 31.2. The number of ether oxygens (including phenoxy) is 1. The molecule has 176 valence electrons. The first-order chi connectivity index (χ1) is 15.5. The van der Waals surface area contributed by atoms with E-state index in [1.165, 1.54) is 7.11 Å². The Labute approximate surface area is 192 Å². The summed E-state index contributed by atoms with van der Waals surface area (Å²) in [6, 6.07) is 18.9. The van der Waals surface area contributed by atoms with Crippen LogP contribution in [0, 0.1) is 0 Å². The molecule has 0 bridgehead atoms. The van der Waals surface area contributed by atoms with Crippen LogP contribution in [0.1, 0.15) is 56.1 Å². The third-order valence-corrected chi connectivity index (χ3v) is 7.15. The van der Waals surface area contributed by atoms with Crippen LogP contribution < -0.4 is 5.73 Å². The Bertz CT molecular complexity index is 768. The summed E-state index contributed by atoms with van der Waals surface area (Å²) in [5.74, 6) is -0.355. The fraction of sp³-hybridized carbons (Fsp3) is 0.480. The van der Waals surface area contributed by atoms with Crippen LogP contribution in [0.5, 0.6) is 0 Å². The molecule has 0 heterocycles. The topological polar surface area (TPSA) is 87.9 Å². The van der Waals surface area contributed by atoms with Gasteiger partial charge in [-0.3, -0.25) is 9.36 Å². The molecule has 0 aromatic heterocycles. The molecule has 32 heavy (non-hydrogen) atoms. The van der Waals surface area contributed by atoms with Crippen LogP contribution in [0.3, 0.4) is 0 Å². The Morgan fingerprint density at radius 2 is 1.28 bits per heavy atom. The van der Waals surface area contributed by atoms with E-state index >= 15 is 0 Å². The van der Waals surface area contributed by atoms with Gasteiger partial charge < -0.3 is 19.5 Å². The van der Waals surface area contributed by atoms with Crippen LogP contribution in [0.15, 0.2) is 60.7 Å². The van der Waals surface area contributed by atoms with E-state index in [4.69, 9.17) is 14.8 Å². The lowest BCUT2D eigenvalue weighted by Crippen LogP contribution is -2.31. The highest BCUT2D eigenvalue weighted by molar-refractivity contribution is 7.53. The molecule has 2 aromatic carbocycles. The molecule has 0 fully saturated rings. The van der Waals surface area contributed by atoms with Crippen LogP contribution in [-0.4, -0.2) is 25.3 Å². The van der Waals surface area contributed by atoms with E-state index in [2.05, 4.69) is 4.74 Å². The molecule has 0 radical (unpaired) electrons. The van der Waals surface area contributed by atoms with E-state index in [-0.39, 0.29) is 19.2 Å². The molecule has 0 saturated heterocycles. The van der Waals surface area contributed by atoms with Gasteiger partial charge in [0.1, 0.15) is 6.04 Å². The summed E-state index contributed by atoms with van der Waals surface area (Å²) in [6.07, 6.45) is 6.77. The predicted molar refractivity (Wildman–Crippen MR) is 127 cm³/mol. The van der Waals surface area contributed by atoms with E-state index in [1.54, 1.807) is 0 Å². The predicted octanol–water partition coefficient (Wildman–Crippen LogP) is 5.84. The second-order valence-corrected chi connectivity index (χ2v) is 10.1. The van der Waals surface area contributed by atoms with Gasteiger partial charge in [0.05, 0.1) is 26.5 Å². The maximum atomic E-state index is 13.4. The number of hydrogen-bond donors (Lipinski definition) is 1. The third-order valence-electron chi connectivity index (χ3n) is 5.24. The second-order valence-electron chi connectivity index (χ2n) is 7.89. The summed E-state index contributed by atoms with van der Waals surface area (Å²) in [6.45, 7) is 0.542. The SMILES string of the molecule is COC(=O)C(N)CCCCCCCCP(=O)(OCc1ccccc1)OCc1ccccc1. The van der Waals surface area contributed by atoms with Gasteiger partial charge in [0, 0.05) is 0 Å². The minimum absolute atomic E-state index is 0.271. The summed E-state index contributed by atoms with van der Waals surface area (Å²) in [4.78, 5) is 11.3. The Balaban J connectivity index is 1.72. The molecule has 2 N–H and O–H groups in total. The van der Waals surface area contributed by atoms with Crippen molar-refractivity contribution in [3.05, 3.63) is 71.8 Å². The zero-order valence-electron chi connectivity index (χ0n) is 19.0. The van der Waals surface area contributed by atoms with Crippen LogP contribution in [0.4, 0.5) is 0 Å². The summed E-state index contributed by atoms with van der Waals surface area (Å²) < 4.78 is 29.6. The Kier molecular flexibility index (Phi) is 12.3. The molecule has 2 aromatic rings. The lowest BCUT2D eigenvalue weighted by Gasteiger charge is -2.19. The van der Waals surface area contributed by atoms with Crippen molar-refractivity contribution >= 4 is 13.6 Å². The molecule has 0 amide bonds. The monoisotopic (exact) mass is 461 g/mol. The maximum Gasteiger partial charge on any atom is 0.331 e. The number of nitrogens with two attached hydrogens (primary N) is 1. The first kappa shape index (κ1) is 26.3. The van der Waals surface area contributed by atoms with Crippen LogP contribution >= 0.6 is 7.60 Å². The summed E-state index contributed by atoms with van der Waals surface area (Å²) in [5.41, 5.74) is 7.69. The largest absolute Gasteiger partial charge is 0.468 e.